The minimum Gasteiger partial charge on any atom is -0.309 e. The van der Waals surface area contributed by atoms with Crippen LogP contribution in [0.15, 0.2) is 200 Å². The molecule has 0 N–H and O–H groups in total. The second-order valence-electron chi connectivity index (χ2n) is 15.7. The molecule has 9 aromatic carbocycles. The first-order chi connectivity index (χ1) is 30.1. The largest absolute Gasteiger partial charge is 0.309 e. The summed E-state index contributed by atoms with van der Waals surface area (Å²) in [5.74, 6) is 0. The molecule has 61 heavy (non-hydrogen) atoms. The van der Waals surface area contributed by atoms with E-state index in [1.807, 2.05) is 48.5 Å². The molecule has 0 unspecified atom stereocenters. The third-order valence-corrected chi connectivity index (χ3v) is 12.1. The van der Waals surface area contributed by atoms with Crippen molar-refractivity contribution >= 4 is 43.6 Å². The number of rotatable bonds is 6. The van der Waals surface area contributed by atoms with E-state index in [0.29, 0.717) is 11.1 Å². The lowest BCUT2D eigenvalue weighted by Crippen LogP contribution is -1.96. The summed E-state index contributed by atoms with van der Waals surface area (Å²) < 4.78 is 4.70. The van der Waals surface area contributed by atoms with Crippen LogP contribution in [0.4, 0.5) is 0 Å². The van der Waals surface area contributed by atoms with Crippen LogP contribution in [-0.4, -0.2) is 9.13 Å². The van der Waals surface area contributed by atoms with Crippen molar-refractivity contribution in [3.8, 4) is 68.0 Å². The quantitative estimate of drug-likeness (QED) is 0.169. The molecular weight excluding hydrogens is 741 g/mol. The molecule has 0 atom stereocenters. The van der Waals surface area contributed by atoms with Gasteiger partial charge in [0.05, 0.1) is 45.3 Å². The van der Waals surface area contributed by atoms with Crippen molar-refractivity contribution in [3.63, 3.8) is 0 Å². The lowest BCUT2D eigenvalue weighted by molar-refractivity contribution is 1.18. The summed E-state index contributed by atoms with van der Waals surface area (Å²) in [5, 5.41) is 24.3. The maximum absolute atomic E-state index is 9.69. The zero-order valence-corrected chi connectivity index (χ0v) is 33.3. The van der Waals surface area contributed by atoms with Gasteiger partial charge in [-0.2, -0.15) is 10.5 Å². The highest BCUT2D eigenvalue weighted by Crippen LogP contribution is 2.43. The van der Waals surface area contributed by atoms with Crippen LogP contribution in [0.2, 0.25) is 0 Å². The Hall–Kier alpha value is -8.44. The molecular formula is C57H36N4. The van der Waals surface area contributed by atoms with E-state index in [1.165, 1.54) is 49.2 Å². The molecule has 0 saturated heterocycles. The fourth-order valence-electron chi connectivity index (χ4n) is 9.15. The van der Waals surface area contributed by atoms with Crippen LogP contribution < -0.4 is 0 Å². The monoisotopic (exact) mass is 776 g/mol. The van der Waals surface area contributed by atoms with Gasteiger partial charge in [-0.1, -0.05) is 115 Å². The average Bonchev–Trinajstić information content (AvgIpc) is 3.84. The molecule has 2 heterocycles. The molecule has 11 aromatic rings. The highest BCUT2D eigenvalue weighted by molar-refractivity contribution is 6.10. The first kappa shape index (κ1) is 35.7. The van der Waals surface area contributed by atoms with E-state index in [4.69, 9.17) is 0 Å². The van der Waals surface area contributed by atoms with Gasteiger partial charge < -0.3 is 9.13 Å². The highest BCUT2D eigenvalue weighted by atomic mass is 15.0. The fraction of sp³-hybridized carbons (Fsp3) is 0.0175. The van der Waals surface area contributed by atoms with Gasteiger partial charge in [-0.3, -0.25) is 0 Å². The molecule has 0 aliphatic heterocycles. The number of fused-ring (bicyclic) bond motifs is 6. The van der Waals surface area contributed by atoms with Crippen LogP contribution in [0.25, 0.3) is 99.5 Å². The zero-order chi connectivity index (χ0) is 41.0. The Morgan fingerprint density at radius 1 is 0.328 bits per heavy atom. The second kappa shape index (κ2) is 14.4. The van der Waals surface area contributed by atoms with Gasteiger partial charge in [-0.15, -0.1) is 0 Å². The predicted molar refractivity (Wildman–Crippen MR) is 251 cm³/mol. The van der Waals surface area contributed by atoms with Crippen LogP contribution in [-0.2, 0) is 0 Å². The van der Waals surface area contributed by atoms with Crippen molar-refractivity contribution in [2.45, 2.75) is 6.92 Å². The molecule has 0 radical (unpaired) electrons. The van der Waals surface area contributed by atoms with Gasteiger partial charge in [0, 0.05) is 32.9 Å². The van der Waals surface area contributed by atoms with Crippen molar-refractivity contribution in [2.75, 3.05) is 0 Å². The van der Waals surface area contributed by atoms with E-state index in [1.54, 1.807) is 0 Å². The van der Waals surface area contributed by atoms with E-state index in [9.17, 15) is 10.5 Å². The van der Waals surface area contributed by atoms with Gasteiger partial charge in [-0.25, -0.2) is 0 Å². The maximum atomic E-state index is 9.69. The molecule has 0 spiro atoms. The summed E-state index contributed by atoms with van der Waals surface area (Å²) in [6.07, 6.45) is 0. The summed E-state index contributed by atoms with van der Waals surface area (Å²) in [4.78, 5) is 0. The highest BCUT2D eigenvalue weighted by Gasteiger charge is 2.19. The minimum absolute atomic E-state index is 0.614. The van der Waals surface area contributed by atoms with Gasteiger partial charge in [0.1, 0.15) is 0 Å². The fourth-order valence-corrected chi connectivity index (χ4v) is 9.15. The van der Waals surface area contributed by atoms with Gasteiger partial charge >= 0.3 is 0 Å². The van der Waals surface area contributed by atoms with Crippen molar-refractivity contribution in [1.29, 1.82) is 10.5 Å². The Kier molecular flexibility index (Phi) is 8.45. The average molecular weight is 777 g/mol. The minimum atomic E-state index is 0.614. The summed E-state index contributed by atoms with van der Waals surface area (Å²) in [6.45, 7) is 2.15. The lowest BCUT2D eigenvalue weighted by Gasteiger charge is -2.19. The molecule has 284 valence electrons. The second-order valence-corrected chi connectivity index (χ2v) is 15.7. The molecule has 11 rings (SSSR count). The Labute approximate surface area is 353 Å². The number of aromatic nitrogens is 2. The number of nitriles is 2. The smallest absolute Gasteiger partial charge is 0.0991 e. The molecule has 0 aliphatic carbocycles. The number of aryl methyl sites for hydroxylation is 1. The van der Waals surface area contributed by atoms with Crippen LogP contribution in [0, 0.1) is 29.6 Å². The van der Waals surface area contributed by atoms with Gasteiger partial charge in [0.15, 0.2) is 0 Å². The van der Waals surface area contributed by atoms with Crippen molar-refractivity contribution < 1.29 is 0 Å². The summed E-state index contributed by atoms with van der Waals surface area (Å²) in [5.41, 5.74) is 17.8. The molecule has 2 aromatic heterocycles. The van der Waals surface area contributed by atoms with E-state index in [-0.39, 0.29) is 0 Å². The topological polar surface area (TPSA) is 57.4 Å². The number of hydrogen-bond donors (Lipinski definition) is 0. The summed E-state index contributed by atoms with van der Waals surface area (Å²) >= 11 is 0. The normalized spacial score (nSPS) is 11.3. The maximum Gasteiger partial charge on any atom is 0.0991 e. The Morgan fingerprint density at radius 2 is 0.656 bits per heavy atom. The van der Waals surface area contributed by atoms with Crippen molar-refractivity contribution in [1.82, 2.24) is 9.13 Å². The summed E-state index contributed by atoms with van der Waals surface area (Å²) in [6, 6.07) is 75.1. The zero-order valence-electron chi connectivity index (χ0n) is 33.3. The molecule has 0 aliphatic rings. The molecule has 0 bridgehead atoms. The molecule has 4 nitrogen and oxygen atoms in total. The van der Waals surface area contributed by atoms with Crippen molar-refractivity contribution in [2.24, 2.45) is 0 Å². The predicted octanol–water partition coefficient (Wildman–Crippen LogP) is 14.6. The van der Waals surface area contributed by atoms with E-state index in [2.05, 4.69) is 180 Å². The third kappa shape index (κ3) is 5.98. The van der Waals surface area contributed by atoms with Gasteiger partial charge in [0.25, 0.3) is 0 Å². The number of para-hydroxylation sites is 3. The van der Waals surface area contributed by atoms with Gasteiger partial charge in [-0.05, 0) is 142 Å². The van der Waals surface area contributed by atoms with Crippen LogP contribution in [0.5, 0.6) is 0 Å². The van der Waals surface area contributed by atoms with Crippen molar-refractivity contribution in [3.05, 3.63) is 217 Å². The molecule has 0 saturated carbocycles. The van der Waals surface area contributed by atoms with E-state index in [0.717, 1.165) is 55.9 Å². The summed E-state index contributed by atoms with van der Waals surface area (Å²) in [7, 11) is 0. The Morgan fingerprint density at radius 3 is 1.03 bits per heavy atom. The first-order valence-electron chi connectivity index (χ1n) is 20.4. The first-order valence-corrected chi connectivity index (χ1v) is 20.4. The third-order valence-electron chi connectivity index (χ3n) is 12.1. The number of nitrogens with zero attached hydrogens (tertiary/aromatic N) is 4. The lowest BCUT2D eigenvalue weighted by atomic mass is 9.85. The van der Waals surface area contributed by atoms with Crippen LogP contribution >= 0.6 is 0 Å². The van der Waals surface area contributed by atoms with Crippen LogP contribution in [0.3, 0.4) is 0 Å². The standard InChI is InChI=1S/C57H36N4/c1-37-14-31-57-53(32-37)48-10-4-7-13-56(48)61(57)45-29-25-43(26-30-45)52-34-51(49(40-19-15-38(35-58)16-20-40)33-50(52)41-21-17-39(36-59)18-22-41)42-23-27-44(28-24-42)60-54-11-5-2-8-46(54)47-9-3-6-12-55(47)60/h2-34H,1H3. The van der Waals surface area contributed by atoms with Gasteiger partial charge in [0.2, 0.25) is 0 Å². The molecule has 0 amide bonds. The Balaban J connectivity index is 1.11. The number of hydrogen-bond acceptors (Lipinski definition) is 2. The van der Waals surface area contributed by atoms with Crippen LogP contribution in [0.1, 0.15) is 16.7 Å². The van der Waals surface area contributed by atoms with E-state index >= 15 is 0 Å². The Bertz CT molecular complexity index is 3520. The molecule has 0 fully saturated rings. The van der Waals surface area contributed by atoms with E-state index < -0.39 is 0 Å². The number of benzene rings is 9. The molecule has 4 heteroatoms. The SMILES string of the molecule is Cc1ccc2c(c1)c1ccccc1n2-c1ccc(-c2cc(-c3ccc(-n4c5ccccc5c5ccccc54)cc3)c(-c3ccc(C#N)cc3)cc2-c2ccc(C#N)cc2)cc1.